The van der Waals surface area contributed by atoms with E-state index in [1.54, 1.807) is 12.3 Å². The second-order valence-electron chi connectivity index (χ2n) is 4.53. The van der Waals surface area contributed by atoms with Crippen LogP contribution in [0.15, 0.2) is 42.9 Å². The molecular formula is C15H19N5O. The molecule has 0 aliphatic heterocycles. The van der Waals surface area contributed by atoms with Gasteiger partial charge in [-0.25, -0.2) is 14.8 Å². The number of hydrogen-bond donors (Lipinski definition) is 3. The maximum Gasteiger partial charge on any atom is 0.320 e. The van der Waals surface area contributed by atoms with E-state index in [9.17, 15) is 4.79 Å². The third-order valence-corrected chi connectivity index (χ3v) is 2.81. The fourth-order valence-corrected chi connectivity index (χ4v) is 1.72. The first-order valence-corrected chi connectivity index (χ1v) is 6.91. The minimum atomic E-state index is -0.290. The minimum Gasteiger partial charge on any atom is -0.385 e. The maximum atomic E-state index is 11.7. The SMILES string of the molecule is CCCNc1ccc(CNC(=O)Nc2ccncn2)cc1. The fourth-order valence-electron chi connectivity index (χ4n) is 1.72. The zero-order valence-corrected chi connectivity index (χ0v) is 12.0. The van der Waals surface area contributed by atoms with Gasteiger partial charge in [0.25, 0.3) is 0 Å². The van der Waals surface area contributed by atoms with E-state index in [0.29, 0.717) is 12.4 Å². The van der Waals surface area contributed by atoms with Crippen LogP contribution >= 0.6 is 0 Å². The molecule has 2 aromatic rings. The Kier molecular flexibility index (Phi) is 5.51. The highest BCUT2D eigenvalue weighted by atomic mass is 16.2. The first kappa shape index (κ1) is 14.8. The lowest BCUT2D eigenvalue weighted by molar-refractivity contribution is 0.251. The molecule has 110 valence electrons. The summed E-state index contributed by atoms with van der Waals surface area (Å²) in [7, 11) is 0. The third-order valence-electron chi connectivity index (χ3n) is 2.81. The highest BCUT2D eigenvalue weighted by Gasteiger charge is 2.02. The van der Waals surface area contributed by atoms with Crippen molar-refractivity contribution in [1.82, 2.24) is 15.3 Å². The van der Waals surface area contributed by atoms with Crippen LogP contribution in [0.1, 0.15) is 18.9 Å². The summed E-state index contributed by atoms with van der Waals surface area (Å²) in [5.74, 6) is 0.474. The van der Waals surface area contributed by atoms with Crippen molar-refractivity contribution in [2.45, 2.75) is 19.9 Å². The molecule has 6 heteroatoms. The van der Waals surface area contributed by atoms with E-state index in [2.05, 4.69) is 32.8 Å². The Morgan fingerprint density at radius 1 is 1.19 bits per heavy atom. The van der Waals surface area contributed by atoms with Gasteiger partial charge in [0.15, 0.2) is 0 Å². The summed E-state index contributed by atoms with van der Waals surface area (Å²) < 4.78 is 0. The van der Waals surface area contributed by atoms with E-state index in [-0.39, 0.29) is 6.03 Å². The van der Waals surface area contributed by atoms with Crippen LogP contribution in [0.25, 0.3) is 0 Å². The van der Waals surface area contributed by atoms with Crippen LogP contribution in [0.5, 0.6) is 0 Å². The second kappa shape index (κ2) is 7.84. The Bertz CT molecular complexity index is 556. The van der Waals surface area contributed by atoms with Crippen LogP contribution in [-0.4, -0.2) is 22.5 Å². The van der Waals surface area contributed by atoms with Crippen LogP contribution in [0.3, 0.4) is 0 Å². The zero-order valence-electron chi connectivity index (χ0n) is 12.0. The average Bonchev–Trinajstić information content (AvgIpc) is 2.53. The molecule has 2 amide bonds. The molecule has 0 aliphatic rings. The number of hydrogen-bond acceptors (Lipinski definition) is 4. The van der Waals surface area contributed by atoms with Crippen LogP contribution in [0.2, 0.25) is 0 Å². The molecule has 0 saturated carbocycles. The number of nitrogens with zero attached hydrogens (tertiary/aromatic N) is 2. The van der Waals surface area contributed by atoms with E-state index < -0.39 is 0 Å². The molecule has 1 aromatic heterocycles. The Labute approximate surface area is 124 Å². The van der Waals surface area contributed by atoms with Crippen LogP contribution < -0.4 is 16.0 Å². The minimum absolute atomic E-state index is 0.290. The first-order valence-electron chi connectivity index (χ1n) is 6.91. The number of anilines is 2. The Morgan fingerprint density at radius 2 is 2.00 bits per heavy atom. The number of rotatable bonds is 6. The van der Waals surface area contributed by atoms with Crippen molar-refractivity contribution in [3.05, 3.63) is 48.4 Å². The molecule has 0 radical (unpaired) electrons. The molecule has 0 atom stereocenters. The monoisotopic (exact) mass is 285 g/mol. The number of benzene rings is 1. The zero-order chi connectivity index (χ0) is 14.9. The van der Waals surface area contributed by atoms with Crippen molar-refractivity contribution in [2.75, 3.05) is 17.2 Å². The van der Waals surface area contributed by atoms with Crippen molar-refractivity contribution in [3.63, 3.8) is 0 Å². The summed E-state index contributed by atoms with van der Waals surface area (Å²) in [5, 5.41) is 8.72. The standard InChI is InChI=1S/C15H19N5O/c1-2-8-17-13-5-3-12(4-6-13)10-18-15(21)20-14-7-9-16-11-19-14/h3-7,9,11,17H,2,8,10H2,1H3,(H2,16,18,19,20,21). The lowest BCUT2D eigenvalue weighted by Gasteiger charge is -2.08. The molecule has 0 unspecified atom stereocenters. The molecule has 0 fully saturated rings. The van der Waals surface area contributed by atoms with Crippen molar-refractivity contribution < 1.29 is 4.79 Å². The molecule has 1 aromatic carbocycles. The van der Waals surface area contributed by atoms with E-state index in [0.717, 1.165) is 24.2 Å². The molecule has 0 aliphatic carbocycles. The summed E-state index contributed by atoms with van der Waals surface area (Å²) in [4.78, 5) is 19.4. The van der Waals surface area contributed by atoms with Crippen molar-refractivity contribution >= 4 is 17.5 Å². The van der Waals surface area contributed by atoms with Crippen molar-refractivity contribution in [2.24, 2.45) is 0 Å². The molecule has 0 bridgehead atoms. The van der Waals surface area contributed by atoms with E-state index in [1.165, 1.54) is 6.33 Å². The summed E-state index contributed by atoms with van der Waals surface area (Å²) in [6, 6.07) is 9.34. The Hall–Kier alpha value is -2.63. The molecule has 0 saturated heterocycles. The van der Waals surface area contributed by atoms with Crippen molar-refractivity contribution in [1.29, 1.82) is 0 Å². The van der Waals surface area contributed by atoms with E-state index in [1.807, 2.05) is 24.3 Å². The van der Waals surface area contributed by atoms with Crippen LogP contribution in [0, 0.1) is 0 Å². The van der Waals surface area contributed by atoms with Gasteiger partial charge in [-0.3, -0.25) is 5.32 Å². The van der Waals surface area contributed by atoms with Gasteiger partial charge in [-0.05, 0) is 30.2 Å². The predicted octanol–water partition coefficient (Wildman–Crippen LogP) is 2.62. The number of amides is 2. The highest BCUT2D eigenvalue weighted by molar-refractivity contribution is 5.88. The van der Waals surface area contributed by atoms with Gasteiger partial charge in [0.05, 0.1) is 0 Å². The Morgan fingerprint density at radius 3 is 2.67 bits per heavy atom. The lowest BCUT2D eigenvalue weighted by Crippen LogP contribution is -2.28. The topological polar surface area (TPSA) is 78.9 Å². The number of carbonyl (C=O) groups excluding carboxylic acids is 1. The number of urea groups is 1. The predicted molar refractivity (Wildman–Crippen MR) is 83.1 cm³/mol. The molecule has 2 rings (SSSR count). The average molecular weight is 285 g/mol. The van der Waals surface area contributed by atoms with Gasteiger partial charge in [-0.2, -0.15) is 0 Å². The third kappa shape index (κ3) is 5.10. The van der Waals surface area contributed by atoms with E-state index in [4.69, 9.17) is 0 Å². The first-order chi connectivity index (χ1) is 10.3. The van der Waals surface area contributed by atoms with E-state index >= 15 is 0 Å². The van der Waals surface area contributed by atoms with Gasteiger partial charge in [-0.15, -0.1) is 0 Å². The van der Waals surface area contributed by atoms with Crippen LogP contribution in [-0.2, 0) is 6.54 Å². The molecule has 3 N–H and O–H groups in total. The Balaban J connectivity index is 1.78. The second-order valence-corrected chi connectivity index (χ2v) is 4.53. The molecule has 0 spiro atoms. The number of nitrogens with one attached hydrogen (secondary N) is 3. The lowest BCUT2D eigenvalue weighted by atomic mass is 10.2. The molecular weight excluding hydrogens is 266 g/mol. The molecule has 6 nitrogen and oxygen atoms in total. The van der Waals surface area contributed by atoms with Gasteiger partial charge in [0.2, 0.25) is 0 Å². The number of aromatic nitrogens is 2. The van der Waals surface area contributed by atoms with Gasteiger partial charge in [0, 0.05) is 25.0 Å². The summed E-state index contributed by atoms with van der Waals surface area (Å²) in [6.45, 7) is 3.55. The summed E-state index contributed by atoms with van der Waals surface area (Å²) in [5.41, 5.74) is 2.13. The summed E-state index contributed by atoms with van der Waals surface area (Å²) >= 11 is 0. The number of carbonyl (C=O) groups is 1. The fraction of sp³-hybridized carbons (Fsp3) is 0.267. The van der Waals surface area contributed by atoms with Gasteiger partial charge in [0.1, 0.15) is 12.1 Å². The molecule has 21 heavy (non-hydrogen) atoms. The van der Waals surface area contributed by atoms with Gasteiger partial charge < -0.3 is 10.6 Å². The maximum absolute atomic E-state index is 11.7. The van der Waals surface area contributed by atoms with Gasteiger partial charge in [-0.1, -0.05) is 19.1 Å². The highest BCUT2D eigenvalue weighted by Crippen LogP contribution is 2.09. The van der Waals surface area contributed by atoms with Gasteiger partial charge >= 0.3 is 6.03 Å². The van der Waals surface area contributed by atoms with Crippen LogP contribution in [0.4, 0.5) is 16.3 Å². The normalized spacial score (nSPS) is 9.95. The largest absolute Gasteiger partial charge is 0.385 e. The summed E-state index contributed by atoms with van der Waals surface area (Å²) in [6.07, 6.45) is 4.05. The smallest absolute Gasteiger partial charge is 0.320 e. The quantitative estimate of drug-likeness (QED) is 0.762. The van der Waals surface area contributed by atoms with Crippen molar-refractivity contribution in [3.8, 4) is 0 Å². The molecule has 1 heterocycles.